The highest BCUT2D eigenvalue weighted by molar-refractivity contribution is 7.98. The van der Waals surface area contributed by atoms with Crippen LogP contribution in [0.1, 0.15) is 26.3 Å². The number of hydrogen-bond donors (Lipinski definition) is 0. The molecule has 0 atom stereocenters. The average Bonchev–Trinajstić information content (AvgIpc) is 2.77. The van der Waals surface area contributed by atoms with Crippen molar-refractivity contribution >= 4 is 29.3 Å². The molecule has 0 unspecified atom stereocenters. The molecular weight excluding hydrogens is 435 g/mol. The fourth-order valence-corrected chi connectivity index (χ4v) is 3.68. The number of nitrogens with zero attached hydrogens (tertiary/aromatic N) is 3. The molecule has 0 saturated carbocycles. The highest BCUT2D eigenvalue weighted by atomic mass is 32.2. The summed E-state index contributed by atoms with van der Waals surface area (Å²) >= 11 is 1.36. The standard InChI is InChI=1S/C20H18F3N3O4S/c1-31-15-6-7-17(26(29)30)16(12-15)19(28)25-10-8-24(9-11-25)18(27)13-2-4-14(5-3-13)20(21,22)23/h2-7,12H,8-11H2,1H3. The largest absolute Gasteiger partial charge is 0.416 e. The summed E-state index contributed by atoms with van der Waals surface area (Å²) in [5, 5.41) is 11.3. The molecule has 0 bridgehead atoms. The molecular formula is C20H18F3N3O4S. The molecule has 1 saturated heterocycles. The minimum atomic E-state index is -4.48. The van der Waals surface area contributed by atoms with E-state index in [1.54, 1.807) is 12.3 Å². The van der Waals surface area contributed by atoms with E-state index in [4.69, 9.17) is 0 Å². The van der Waals surface area contributed by atoms with Crippen LogP contribution in [0.25, 0.3) is 0 Å². The van der Waals surface area contributed by atoms with Gasteiger partial charge in [0.1, 0.15) is 5.56 Å². The summed E-state index contributed by atoms with van der Waals surface area (Å²) in [7, 11) is 0. The van der Waals surface area contributed by atoms with Gasteiger partial charge >= 0.3 is 6.18 Å². The van der Waals surface area contributed by atoms with Crippen molar-refractivity contribution in [3.05, 3.63) is 69.3 Å². The second-order valence-electron chi connectivity index (χ2n) is 6.80. The van der Waals surface area contributed by atoms with Crippen molar-refractivity contribution in [3.63, 3.8) is 0 Å². The summed E-state index contributed by atoms with van der Waals surface area (Å²) in [6.07, 6.45) is -2.69. The van der Waals surface area contributed by atoms with Crippen molar-refractivity contribution in [2.24, 2.45) is 0 Å². The Balaban J connectivity index is 1.69. The Labute approximate surface area is 180 Å². The number of nitro benzene ring substituents is 1. The van der Waals surface area contributed by atoms with Gasteiger partial charge in [-0.15, -0.1) is 11.8 Å². The Morgan fingerprint density at radius 1 is 0.968 bits per heavy atom. The van der Waals surface area contributed by atoms with E-state index < -0.39 is 28.5 Å². The molecule has 11 heteroatoms. The zero-order valence-electron chi connectivity index (χ0n) is 16.4. The fourth-order valence-electron chi connectivity index (χ4n) is 3.24. The monoisotopic (exact) mass is 453 g/mol. The van der Waals surface area contributed by atoms with E-state index in [1.807, 2.05) is 0 Å². The van der Waals surface area contributed by atoms with E-state index in [-0.39, 0.29) is 43.0 Å². The van der Waals surface area contributed by atoms with Crippen LogP contribution in [0, 0.1) is 10.1 Å². The van der Waals surface area contributed by atoms with Crippen molar-refractivity contribution in [3.8, 4) is 0 Å². The average molecular weight is 453 g/mol. The van der Waals surface area contributed by atoms with Crippen LogP contribution in [0.4, 0.5) is 18.9 Å². The fraction of sp³-hybridized carbons (Fsp3) is 0.300. The van der Waals surface area contributed by atoms with Gasteiger partial charge in [0.05, 0.1) is 10.5 Å². The SMILES string of the molecule is CSc1ccc([N+](=O)[O-])c(C(=O)N2CCN(C(=O)c3ccc(C(F)(F)F)cc3)CC2)c1. The zero-order valence-corrected chi connectivity index (χ0v) is 17.2. The van der Waals surface area contributed by atoms with E-state index >= 15 is 0 Å². The number of amides is 2. The zero-order chi connectivity index (χ0) is 22.8. The molecule has 164 valence electrons. The Kier molecular flexibility index (Phi) is 6.54. The van der Waals surface area contributed by atoms with E-state index in [1.165, 1.54) is 33.7 Å². The van der Waals surface area contributed by atoms with Gasteiger partial charge in [0.25, 0.3) is 17.5 Å². The Hall–Kier alpha value is -3.08. The topological polar surface area (TPSA) is 83.8 Å². The summed E-state index contributed by atoms with van der Waals surface area (Å²) in [6.45, 7) is 0.654. The van der Waals surface area contributed by atoms with Crippen LogP contribution in [0.15, 0.2) is 47.4 Å². The third-order valence-corrected chi connectivity index (χ3v) is 5.67. The molecule has 0 aromatic heterocycles. The molecule has 7 nitrogen and oxygen atoms in total. The predicted molar refractivity (Wildman–Crippen MR) is 108 cm³/mol. The molecule has 1 aliphatic heterocycles. The van der Waals surface area contributed by atoms with Gasteiger partial charge in [0.2, 0.25) is 0 Å². The van der Waals surface area contributed by atoms with E-state index in [9.17, 15) is 32.9 Å². The lowest BCUT2D eigenvalue weighted by atomic mass is 10.1. The molecule has 1 heterocycles. The summed E-state index contributed by atoms with van der Waals surface area (Å²) in [6, 6.07) is 8.30. The molecule has 0 N–H and O–H groups in total. The quantitative estimate of drug-likeness (QED) is 0.398. The molecule has 0 aliphatic carbocycles. The van der Waals surface area contributed by atoms with Crippen LogP contribution in [-0.2, 0) is 6.18 Å². The van der Waals surface area contributed by atoms with Gasteiger partial charge in [0, 0.05) is 42.7 Å². The first-order valence-corrected chi connectivity index (χ1v) is 10.4. The van der Waals surface area contributed by atoms with Crippen LogP contribution in [-0.4, -0.2) is 59.0 Å². The van der Waals surface area contributed by atoms with Gasteiger partial charge in [-0.25, -0.2) is 0 Å². The third kappa shape index (κ3) is 4.98. The number of benzene rings is 2. The lowest BCUT2D eigenvalue weighted by Gasteiger charge is -2.34. The number of carbonyl (C=O) groups excluding carboxylic acids is 2. The normalized spacial score (nSPS) is 14.5. The second-order valence-corrected chi connectivity index (χ2v) is 7.68. The van der Waals surface area contributed by atoms with Crippen molar-refractivity contribution < 1.29 is 27.7 Å². The van der Waals surface area contributed by atoms with E-state index in [0.717, 1.165) is 24.3 Å². The first kappa shape index (κ1) is 22.6. The van der Waals surface area contributed by atoms with E-state index in [2.05, 4.69) is 0 Å². The molecule has 31 heavy (non-hydrogen) atoms. The number of halogens is 3. The molecule has 3 rings (SSSR count). The van der Waals surface area contributed by atoms with E-state index in [0.29, 0.717) is 4.90 Å². The first-order valence-electron chi connectivity index (χ1n) is 9.20. The van der Waals surface area contributed by atoms with Gasteiger partial charge < -0.3 is 9.80 Å². The summed E-state index contributed by atoms with van der Waals surface area (Å²) in [5.41, 5.74) is -1.02. The molecule has 2 aromatic carbocycles. The number of hydrogen-bond acceptors (Lipinski definition) is 5. The molecule has 1 aliphatic rings. The van der Waals surface area contributed by atoms with Crippen LogP contribution < -0.4 is 0 Å². The molecule has 1 fully saturated rings. The molecule has 2 aromatic rings. The van der Waals surface area contributed by atoms with Gasteiger partial charge in [-0.2, -0.15) is 13.2 Å². The number of thioether (sulfide) groups is 1. The second kappa shape index (κ2) is 8.96. The maximum Gasteiger partial charge on any atom is 0.416 e. The maximum absolute atomic E-state index is 12.9. The first-order chi connectivity index (χ1) is 14.6. The number of rotatable bonds is 4. The van der Waals surface area contributed by atoms with Crippen molar-refractivity contribution in [1.29, 1.82) is 0 Å². The molecule has 2 amide bonds. The van der Waals surface area contributed by atoms with Crippen LogP contribution in [0.5, 0.6) is 0 Å². The van der Waals surface area contributed by atoms with Crippen LogP contribution in [0.3, 0.4) is 0 Å². The van der Waals surface area contributed by atoms with Gasteiger partial charge in [-0.05, 0) is 42.7 Å². The summed E-state index contributed by atoms with van der Waals surface area (Å²) in [4.78, 5) is 39.7. The van der Waals surface area contributed by atoms with Gasteiger partial charge in [0.15, 0.2) is 0 Å². The Bertz CT molecular complexity index is 1000. The maximum atomic E-state index is 12.9. The third-order valence-electron chi connectivity index (χ3n) is 4.94. The Morgan fingerprint density at radius 3 is 2.00 bits per heavy atom. The smallest absolute Gasteiger partial charge is 0.335 e. The minimum absolute atomic E-state index is 0.0145. The van der Waals surface area contributed by atoms with Crippen LogP contribution >= 0.6 is 11.8 Å². The van der Waals surface area contributed by atoms with Crippen molar-refractivity contribution in [1.82, 2.24) is 9.80 Å². The number of nitro groups is 1. The number of piperazine rings is 1. The lowest BCUT2D eigenvalue weighted by Crippen LogP contribution is -2.50. The predicted octanol–water partition coefficient (Wildman–Crippen LogP) is 3.93. The highest BCUT2D eigenvalue weighted by Crippen LogP contribution is 2.29. The molecule has 0 spiro atoms. The number of carbonyl (C=O) groups is 2. The summed E-state index contributed by atoms with van der Waals surface area (Å²) in [5.74, 6) is -0.930. The molecule has 0 radical (unpaired) electrons. The number of alkyl halides is 3. The van der Waals surface area contributed by atoms with Gasteiger partial charge in [-0.1, -0.05) is 0 Å². The summed E-state index contributed by atoms with van der Waals surface area (Å²) < 4.78 is 38.1. The van der Waals surface area contributed by atoms with Crippen LogP contribution in [0.2, 0.25) is 0 Å². The van der Waals surface area contributed by atoms with Crippen molar-refractivity contribution in [2.45, 2.75) is 11.1 Å². The minimum Gasteiger partial charge on any atom is -0.335 e. The van der Waals surface area contributed by atoms with Gasteiger partial charge in [-0.3, -0.25) is 19.7 Å². The van der Waals surface area contributed by atoms with Crippen molar-refractivity contribution in [2.75, 3.05) is 32.4 Å². The highest BCUT2D eigenvalue weighted by Gasteiger charge is 2.32. The Morgan fingerprint density at radius 2 is 1.52 bits per heavy atom. The lowest BCUT2D eigenvalue weighted by molar-refractivity contribution is -0.385.